The Kier molecular flexibility index (Phi) is 5.50. The zero-order chi connectivity index (χ0) is 28.6. The fourth-order valence-corrected chi connectivity index (χ4v) is 8.30. The van der Waals surface area contributed by atoms with Gasteiger partial charge in [0.25, 0.3) is 0 Å². The summed E-state index contributed by atoms with van der Waals surface area (Å²) < 4.78 is 25.3. The summed E-state index contributed by atoms with van der Waals surface area (Å²) in [6.45, 7) is 0. The first-order valence-electron chi connectivity index (χ1n) is 15.1. The third kappa shape index (κ3) is 4.51. The molecule has 4 bridgehead atoms. The molecule has 41 heavy (non-hydrogen) atoms. The van der Waals surface area contributed by atoms with Crippen molar-refractivity contribution in [1.29, 1.82) is 5.26 Å². The van der Waals surface area contributed by atoms with Crippen LogP contribution < -0.4 is 10.6 Å². The molecule has 1 atom stereocenters. The zero-order valence-electron chi connectivity index (χ0n) is 23.6. The predicted molar refractivity (Wildman–Crippen MR) is 156 cm³/mol. The molecule has 7 nitrogen and oxygen atoms in total. The Morgan fingerprint density at radius 1 is 1.10 bits per heavy atom. The van der Waals surface area contributed by atoms with E-state index in [1.165, 1.54) is 31.4 Å². The number of nitriles is 1. The number of aromatic nitrogens is 4. The quantitative estimate of drug-likeness (QED) is 0.241. The number of halogens is 2. The average molecular weight is 569 g/mol. The molecule has 5 fully saturated rings. The number of rotatable bonds is 7. The van der Waals surface area contributed by atoms with Gasteiger partial charge in [0.2, 0.25) is 0 Å². The van der Waals surface area contributed by atoms with Crippen molar-refractivity contribution < 1.29 is 5.76 Å². The Labute approximate surface area is 244 Å². The van der Waals surface area contributed by atoms with E-state index in [1.54, 1.807) is 35.3 Å². The number of hydrogen-bond donors (Lipinski definition) is 2. The molecule has 5 aliphatic carbocycles. The van der Waals surface area contributed by atoms with Crippen LogP contribution in [0.15, 0.2) is 48.8 Å². The van der Waals surface area contributed by atoms with Crippen LogP contribution in [-0.4, -0.2) is 25.5 Å². The van der Waals surface area contributed by atoms with Crippen molar-refractivity contribution in [1.82, 2.24) is 20.0 Å². The fraction of sp³-hybridized carbons (Fsp3) is 0.438. The third-order valence-electron chi connectivity index (χ3n) is 9.56. The van der Waals surface area contributed by atoms with Crippen LogP contribution in [0.25, 0.3) is 10.9 Å². The highest BCUT2D eigenvalue weighted by molar-refractivity contribution is 6.35. The van der Waals surface area contributed by atoms with Crippen LogP contribution in [0.2, 0.25) is 5.02 Å². The van der Waals surface area contributed by atoms with Crippen LogP contribution in [-0.2, 0) is 0 Å². The summed E-state index contributed by atoms with van der Waals surface area (Å²) in [7, 11) is 0. The van der Waals surface area contributed by atoms with Crippen molar-refractivity contribution in [3.05, 3.63) is 76.5 Å². The second-order valence-electron chi connectivity index (χ2n) is 12.7. The Morgan fingerprint density at radius 2 is 1.80 bits per heavy atom. The highest BCUT2D eigenvalue weighted by Gasteiger charge is 2.51. The molecule has 2 aromatic carbocycles. The maximum absolute atomic E-state index is 13.9. The summed E-state index contributed by atoms with van der Waals surface area (Å²) in [4.78, 5) is 4.56. The van der Waals surface area contributed by atoms with E-state index in [-0.39, 0.29) is 11.4 Å². The molecule has 0 amide bonds. The fourth-order valence-electron chi connectivity index (χ4n) is 8.03. The van der Waals surface area contributed by atoms with Crippen molar-refractivity contribution in [2.45, 2.75) is 69.0 Å². The summed E-state index contributed by atoms with van der Waals surface area (Å²) >= 11 is 6.85. The van der Waals surface area contributed by atoms with Crippen molar-refractivity contribution in [2.75, 3.05) is 10.6 Å². The van der Waals surface area contributed by atoms with Crippen LogP contribution in [0, 0.1) is 34.9 Å². The molecule has 0 saturated heterocycles. The number of fused-ring (bicyclic) bond motifs is 1. The van der Waals surface area contributed by atoms with Crippen LogP contribution in [0.1, 0.15) is 81.6 Å². The molecular formula is C32H31ClFN7. The first-order valence-corrected chi connectivity index (χ1v) is 15.0. The number of anilines is 2. The van der Waals surface area contributed by atoms with Gasteiger partial charge in [-0.1, -0.05) is 28.9 Å². The molecule has 0 spiro atoms. The minimum absolute atomic E-state index is 0.0286. The molecule has 9 rings (SSSR count). The van der Waals surface area contributed by atoms with Crippen LogP contribution in [0.3, 0.4) is 0 Å². The van der Waals surface area contributed by atoms with Gasteiger partial charge < -0.3 is 10.6 Å². The molecular weight excluding hydrogens is 537 g/mol. The largest absolute Gasteiger partial charge is 0.378 e. The molecule has 2 N–H and O–H groups in total. The van der Waals surface area contributed by atoms with Crippen molar-refractivity contribution in [3.8, 4) is 6.07 Å². The maximum Gasteiger partial charge on any atom is 0.123 e. The van der Waals surface area contributed by atoms with Gasteiger partial charge in [-0.2, -0.15) is 5.26 Å². The summed E-state index contributed by atoms with van der Waals surface area (Å²) in [5, 5.41) is 27.2. The van der Waals surface area contributed by atoms with Gasteiger partial charge in [0.1, 0.15) is 17.6 Å². The lowest BCUT2D eigenvalue weighted by molar-refractivity contribution is 0.0107. The normalized spacial score (nSPS) is 28.2. The second kappa shape index (κ2) is 9.42. The van der Waals surface area contributed by atoms with Gasteiger partial charge in [0.05, 0.1) is 41.4 Å². The Balaban J connectivity index is 1.22. The van der Waals surface area contributed by atoms with E-state index in [4.69, 9.17) is 11.6 Å². The third-order valence-corrected chi connectivity index (χ3v) is 9.85. The highest BCUT2D eigenvalue weighted by Crippen LogP contribution is 2.57. The van der Waals surface area contributed by atoms with E-state index >= 15 is 0 Å². The lowest BCUT2D eigenvalue weighted by atomic mass is 9.53. The van der Waals surface area contributed by atoms with Crippen LogP contribution in [0.4, 0.5) is 15.8 Å². The summed E-state index contributed by atoms with van der Waals surface area (Å²) in [5.74, 6) is 1.85. The van der Waals surface area contributed by atoms with Crippen LogP contribution in [0.5, 0.6) is 0 Å². The van der Waals surface area contributed by atoms with Gasteiger partial charge >= 0.3 is 0 Å². The molecule has 4 aromatic rings. The lowest BCUT2D eigenvalue weighted by Gasteiger charge is -2.57. The summed E-state index contributed by atoms with van der Waals surface area (Å²) in [6.07, 6.45) is 12.8. The second-order valence-corrected chi connectivity index (χ2v) is 13.1. The molecule has 5 aliphatic rings. The van der Waals surface area contributed by atoms with E-state index in [9.17, 15) is 11.0 Å². The van der Waals surface area contributed by atoms with E-state index in [0.29, 0.717) is 39.1 Å². The molecule has 0 radical (unpaired) electrons. The zero-order valence-corrected chi connectivity index (χ0v) is 23.3. The summed E-state index contributed by atoms with van der Waals surface area (Å²) in [5.41, 5.74) is 3.29. The number of hydrogen-bond acceptors (Lipinski definition) is 6. The van der Waals surface area contributed by atoms with E-state index in [2.05, 4.69) is 32.0 Å². The Hall–Kier alpha value is -3.70. The van der Waals surface area contributed by atoms with Gasteiger partial charge in [-0.05, 0) is 98.9 Å². The maximum atomic E-state index is 13.9. The van der Waals surface area contributed by atoms with E-state index < -0.39 is 6.02 Å². The highest BCUT2D eigenvalue weighted by atomic mass is 35.5. The molecule has 208 valence electrons. The van der Waals surface area contributed by atoms with Crippen molar-refractivity contribution >= 4 is 33.9 Å². The molecule has 9 heteroatoms. The monoisotopic (exact) mass is 568 g/mol. The summed E-state index contributed by atoms with van der Waals surface area (Å²) in [6, 6.07) is 10.6. The van der Waals surface area contributed by atoms with Gasteiger partial charge in [0.15, 0.2) is 0 Å². The predicted octanol–water partition coefficient (Wildman–Crippen LogP) is 7.41. The first-order chi connectivity index (χ1) is 20.3. The minimum Gasteiger partial charge on any atom is -0.378 e. The van der Waals surface area contributed by atoms with Gasteiger partial charge in [-0.15, -0.1) is 5.10 Å². The molecule has 2 heterocycles. The molecule has 0 unspecified atom stereocenters. The van der Waals surface area contributed by atoms with E-state index in [0.717, 1.165) is 60.9 Å². The number of nitrogens with zero attached hydrogens (tertiary/aromatic N) is 5. The minimum atomic E-state index is -1.58. The standard InChI is InChI=1S/C32H31ClFN7/c33-27-11-24(37-30(21-1-3-23(34)4-2-21)28-17-41(40-39-28)25-5-6-25)10-26-29(22(15-35)16-36-31(26)27)38-32-12-18-7-19(13-32)9-20(8-18)14-32/h1-4,10-11,16-20,25,30,37H,5-9,12-14H2,(H,36,38)/t18-,19-,20-,30-,32?/m0/s1/i30D. The van der Waals surface area contributed by atoms with E-state index in [1.807, 2.05) is 6.07 Å². The number of nitrogens with one attached hydrogen (secondary N) is 2. The van der Waals surface area contributed by atoms with Crippen LogP contribution >= 0.6 is 11.6 Å². The number of benzene rings is 2. The van der Waals surface area contributed by atoms with Crippen molar-refractivity contribution in [3.63, 3.8) is 0 Å². The lowest BCUT2D eigenvalue weighted by Crippen LogP contribution is -2.54. The Morgan fingerprint density at radius 3 is 2.46 bits per heavy atom. The topological polar surface area (TPSA) is 91.5 Å². The van der Waals surface area contributed by atoms with Gasteiger partial charge in [0, 0.05) is 22.8 Å². The van der Waals surface area contributed by atoms with Crippen molar-refractivity contribution in [2.24, 2.45) is 17.8 Å². The molecule has 5 saturated carbocycles. The van der Waals surface area contributed by atoms with Gasteiger partial charge in [-0.3, -0.25) is 4.98 Å². The smallest absolute Gasteiger partial charge is 0.123 e. The first kappa shape index (κ1) is 24.0. The molecule has 2 aromatic heterocycles. The van der Waals surface area contributed by atoms with Gasteiger partial charge in [-0.25, -0.2) is 9.07 Å². The Bertz CT molecular complexity index is 1710. The SMILES string of the molecule is [2H][C@](Nc1cc(Cl)c2ncc(C#N)c(NC34C[C@H]5C[C@H](C3)C[C@@H](C4)C5)c2c1)(c1ccc(F)cc1)c1cn(C2CC2)nn1. The molecule has 0 aliphatic heterocycles. The average Bonchev–Trinajstić information content (AvgIpc) is 3.68. The number of pyridine rings is 1.